The maximum absolute atomic E-state index is 12.2. The molecule has 0 spiro atoms. The van der Waals surface area contributed by atoms with Crippen LogP contribution in [0.1, 0.15) is 39.4 Å². The number of hydrogen-bond acceptors (Lipinski definition) is 4. The smallest absolute Gasteiger partial charge is 0.356 e. The maximum Gasteiger partial charge on any atom is 0.356 e. The molecule has 2 N–H and O–H groups in total. The number of nitrogens with one attached hydrogen (secondary N) is 1. The molecule has 6 nitrogen and oxygen atoms in total. The lowest BCUT2D eigenvalue weighted by Gasteiger charge is -2.08. The number of Topliss-reactive ketones (excluding diaryl/α,β-unsaturated/α-hetero) is 1. The summed E-state index contributed by atoms with van der Waals surface area (Å²) in [6, 6.07) is 0. The van der Waals surface area contributed by atoms with E-state index >= 15 is 0 Å². The quantitative estimate of drug-likeness (QED) is 0.605. The summed E-state index contributed by atoms with van der Waals surface area (Å²) in [4.78, 5) is 25.1. The Balaban J connectivity index is 2.45. The van der Waals surface area contributed by atoms with Gasteiger partial charge < -0.3 is 10.0 Å². The molecule has 18 heavy (non-hydrogen) atoms. The first-order chi connectivity index (χ1) is 8.50. The van der Waals surface area contributed by atoms with Crippen LogP contribution in [0.5, 0.6) is 0 Å². The van der Waals surface area contributed by atoms with Crippen LogP contribution < -0.4 is 0 Å². The minimum Gasteiger partial charge on any atom is -0.476 e. The zero-order chi connectivity index (χ0) is 13.3. The molecule has 0 saturated heterocycles. The standard InChI is InChI=1S/C12H15N3O3/c1-15(2)6-7-4-3-5-8-9(11(7)16)13-14-10(8)12(17)18/h6H,3-5H2,1-2H3,(H,13,14)(H,17,18)/b7-6+. The molecule has 0 aromatic carbocycles. The summed E-state index contributed by atoms with van der Waals surface area (Å²) in [5.41, 5.74) is 1.48. The lowest BCUT2D eigenvalue weighted by molar-refractivity contribution is 0.0689. The Morgan fingerprint density at radius 3 is 2.78 bits per heavy atom. The lowest BCUT2D eigenvalue weighted by atomic mass is 10.1. The molecule has 1 aliphatic carbocycles. The molecule has 0 bridgehead atoms. The first kappa shape index (κ1) is 12.3. The van der Waals surface area contributed by atoms with Crippen LogP contribution in [0.15, 0.2) is 11.8 Å². The normalized spacial score (nSPS) is 17.4. The maximum atomic E-state index is 12.2. The van der Waals surface area contributed by atoms with Crippen LogP contribution in [0.4, 0.5) is 0 Å². The first-order valence-electron chi connectivity index (χ1n) is 5.73. The van der Waals surface area contributed by atoms with Gasteiger partial charge in [0.25, 0.3) is 0 Å². The van der Waals surface area contributed by atoms with E-state index in [0.717, 1.165) is 6.42 Å². The fourth-order valence-corrected chi connectivity index (χ4v) is 2.14. The highest BCUT2D eigenvalue weighted by atomic mass is 16.4. The van der Waals surface area contributed by atoms with E-state index in [4.69, 9.17) is 5.11 Å². The van der Waals surface area contributed by atoms with Crippen molar-refractivity contribution in [3.63, 3.8) is 0 Å². The van der Waals surface area contributed by atoms with Crippen LogP contribution in [-0.2, 0) is 6.42 Å². The van der Waals surface area contributed by atoms with Crippen LogP contribution in [0.25, 0.3) is 0 Å². The fraction of sp³-hybridized carbons (Fsp3) is 0.417. The van der Waals surface area contributed by atoms with Crippen molar-refractivity contribution >= 4 is 11.8 Å². The van der Waals surface area contributed by atoms with Gasteiger partial charge in [-0.3, -0.25) is 9.89 Å². The van der Waals surface area contributed by atoms with Gasteiger partial charge >= 0.3 is 5.97 Å². The number of allylic oxidation sites excluding steroid dienone is 1. The Hall–Kier alpha value is -2.11. The molecule has 0 atom stereocenters. The molecule has 0 saturated carbocycles. The Bertz CT molecular complexity index is 529. The highest BCUT2D eigenvalue weighted by Crippen LogP contribution is 2.25. The van der Waals surface area contributed by atoms with Crippen molar-refractivity contribution < 1.29 is 14.7 Å². The molecule has 1 aliphatic rings. The summed E-state index contributed by atoms with van der Waals surface area (Å²) in [7, 11) is 3.70. The molecule has 1 aromatic rings. The predicted molar refractivity (Wildman–Crippen MR) is 64.6 cm³/mol. The number of carboxylic acid groups (broad SMARTS) is 1. The summed E-state index contributed by atoms with van der Waals surface area (Å²) >= 11 is 0. The molecule has 1 heterocycles. The Kier molecular flexibility index (Phi) is 3.18. The van der Waals surface area contributed by atoms with E-state index in [0.29, 0.717) is 29.7 Å². The van der Waals surface area contributed by atoms with Gasteiger partial charge in [0, 0.05) is 31.4 Å². The number of rotatable bonds is 2. The Labute approximate surface area is 104 Å². The van der Waals surface area contributed by atoms with Crippen molar-refractivity contribution in [3.05, 3.63) is 28.7 Å². The fourth-order valence-electron chi connectivity index (χ4n) is 2.14. The lowest BCUT2D eigenvalue weighted by Crippen LogP contribution is -2.10. The van der Waals surface area contributed by atoms with Crippen molar-refractivity contribution in [3.8, 4) is 0 Å². The summed E-state index contributed by atoms with van der Waals surface area (Å²) in [6.45, 7) is 0. The molecule has 0 unspecified atom stereocenters. The molecular formula is C12H15N3O3. The monoisotopic (exact) mass is 249 g/mol. The second-order valence-corrected chi connectivity index (χ2v) is 4.53. The average molecular weight is 249 g/mol. The van der Waals surface area contributed by atoms with Crippen LogP contribution in [0, 0.1) is 0 Å². The zero-order valence-corrected chi connectivity index (χ0v) is 10.4. The van der Waals surface area contributed by atoms with E-state index in [1.54, 1.807) is 6.20 Å². The number of ketones is 1. The van der Waals surface area contributed by atoms with Gasteiger partial charge in [0.05, 0.1) is 0 Å². The summed E-state index contributed by atoms with van der Waals surface area (Å²) < 4.78 is 0. The summed E-state index contributed by atoms with van der Waals surface area (Å²) in [5.74, 6) is -1.25. The van der Waals surface area contributed by atoms with Gasteiger partial charge in [0.2, 0.25) is 5.78 Å². The van der Waals surface area contributed by atoms with Crippen molar-refractivity contribution in [1.29, 1.82) is 0 Å². The number of aromatic amines is 1. The minimum absolute atomic E-state index is 0.0375. The van der Waals surface area contributed by atoms with Gasteiger partial charge in [-0.1, -0.05) is 0 Å². The number of nitrogens with zero attached hydrogens (tertiary/aromatic N) is 2. The third-order valence-electron chi connectivity index (χ3n) is 2.88. The summed E-state index contributed by atoms with van der Waals surface area (Å²) in [5, 5.41) is 15.3. The van der Waals surface area contributed by atoms with E-state index in [2.05, 4.69) is 10.2 Å². The zero-order valence-electron chi connectivity index (χ0n) is 10.4. The SMILES string of the molecule is CN(C)/C=C1\CCCc2c(C(=O)O)n[nH]c2C1=O. The molecule has 1 aromatic heterocycles. The number of aromatic carboxylic acids is 1. The Morgan fingerprint density at radius 1 is 1.44 bits per heavy atom. The highest BCUT2D eigenvalue weighted by Gasteiger charge is 2.27. The second-order valence-electron chi connectivity index (χ2n) is 4.53. The summed E-state index contributed by atoms with van der Waals surface area (Å²) in [6.07, 6.45) is 3.74. The van der Waals surface area contributed by atoms with E-state index < -0.39 is 5.97 Å². The average Bonchev–Trinajstić information content (AvgIpc) is 2.64. The van der Waals surface area contributed by atoms with E-state index in [9.17, 15) is 9.59 Å². The Morgan fingerprint density at radius 2 is 2.17 bits per heavy atom. The number of hydrogen-bond donors (Lipinski definition) is 2. The number of carboxylic acids is 1. The highest BCUT2D eigenvalue weighted by molar-refractivity contribution is 6.09. The van der Waals surface area contributed by atoms with Gasteiger partial charge in [-0.2, -0.15) is 5.10 Å². The third kappa shape index (κ3) is 2.13. The van der Waals surface area contributed by atoms with Crippen LogP contribution >= 0.6 is 0 Å². The molecule has 96 valence electrons. The predicted octanol–water partition coefficient (Wildman–Crippen LogP) is 1.07. The van der Waals surface area contributed by atoms with Crippen molar-refractivity contribution in [2.24, 2.45) is 0 Å². The van der Waals surface area contributed by atoms with Crippen LogP contribution in [0.2, 0.25) is 0 Å². The van der Waals surface area contributed by atoms with Gasteiger partial charge in [-0.05, 0) is 19.3 Å². The molecule has 0 aliphatic heterocycles. The van der Waals surface area contributed by atoms with E-state index in [1.165, 1.54) is 0 Å². The third-order valence-corrected chi connectivity index (χ3v) is 2.88. The molecule has 0 amide bonds. The van der Waals surface area contributed by atoms with Crippen molar-refractivity contribution in [2.75, 3.05) is 14.1 Å². The van der Waals surface area contributed by atoms with Crippen LogP contribution in [0.3, 0.4) is 0 Å². The second kappa shape index (κ2) is 4.64. The molecule has 0 fully saturated rings. The number of carbonyl (C=O) groups excluding carboxylic acids is 1. The van der Waals surface area contributed by atoms with Gasteiger partial charge in [0.15, 0.2) is 5.69 Å². The van der Waals surface area contributed by atoms with E-state index in [-0.39, 0.29) is 11.5 Å². The van der Waals surface area contributed by atoms with Crippen LogP contribution in [-0.4, -0.2) is 46.1 Å². The number of fused-ring (bicyclic) bond motifs is 1. The topological polar surface area (TPSA) is 86.3 Å². The van der Waals surface area contributed by atoms with Gasteiger partial charge in [0.1, 0.15) is 5.69 Å². The first-order valence-corrected chi connectivity index (χ1v) is 5.73. The largest absolute Gasteiger partial charge is 0.476 e. The van der Waals surface area contributed by atoms with Gasteiger partial charge in [-0.25, -0.2) is 4.79 Å². The van der Waals surface area contributed by atoms with Gasteiger partial charge in [-0.15, -0.1) is 0 Å². The van der Waals surface area contributed by atoms with E-state index in [1.807, 2.05) is 19.0 Å². The number of H-pyrrole nitrogens is 1. The minimum atomic E-state index is -1.10. The molecule has 2 rings (SSSR count). The van der Waals surface area contributed by atoms with Crippen molar-refractivity contribution in [2.45, 2.75) is 19.3 Å². The molecule has 0 radical (unpaired) electrons. The number of carbonyl (C=O) groups is 2. The molecule has 6 heteroatoms. The number of aromatic nitrogens is 2. The van der Waals surface area contributed by atoms with Crippen molar-refractivity contribution in [1.82, 2.24) is 15.1 Å². The molecular weight excluding hydrogens is 234 g/mol.